The fourth-order valence-corrected chi connectivity index (χ4v) is 3.03. The summed E-state index contributed by atoms with van der Waals surface area (Å²) in [4.78, 5) is 10.7. The van der Waals surface area contributed by atoms with Gasteiger partial charge in [0.05, 0.1) is 19.1 Å². The Morgan fingerprint density at radius 2 is 1.81 bits per heavy atom. The molecule has 0 aliphatic rings. The van der Waals surface area contributed by atoms with Crippen LogP contribution in [-0.4, -0.2) is 29.3 Å². The van der Waals surface area contributed by atoms with E-state index in [0.29, 0.717) is 39.5 Å². The van der Waals surface area contributed by atoms with Gasteiger partial charge in [-0.15, -0.1) is 10.2 Å². The largest absolute Gasteiger partial charge is 0.497 e. The highest BCUT2D eigenvalue weighted by molar-refractivity contribution is 7.98. The van der Waals surface area contributed by atoms with E-state index in [0.717, 1.165) is 0 Å². The molecule has 0 radical (unpaired) electrons. The summed E-state index contributed by atoms with van der Waals surface area (Å²) in [5.41, 5.74) is 1.31. The van der Waals surface area contributed by atoms with E-state index in [2.05, 4.69) is 10.2 Å². The second-order valence-corrected chi connectivity index (χ2v) is 6.08. The van der Waals surface area contributed by atoms with E-state index in [-0.39, 0.29) is 5.69 Å². The van der Waals surface area contributed by atoms with Crippen molar-refractivity contribution >= 4 is 17.4 Å². The SMILES string of the molecule is COc1cc(OC)cc(-c2nnc(SCc3ccccc3[N+](=O)[O-])o2)c1. The van der Waals surface area contributed by atoms with Crippen LogP contribution in [-0.2, 0) is 5.75 Å². The van der Waals surface area contributed by atoms with Crippen molar-refractivity contribution in [3.63, 3.8) is 0 Å². The van der Waals surface area contributed by atoms with Gasteiger partial charge < -0.3 is 13.9 Å². The zero-order chi connectivity index (χ0) is 18.5. The minimum Gasteiger partial charge on any atom is -0.497 e. The number of nitro benzene ring substituents is 1. The third kappa shape index (κ3) is 3.94. The number of nitro groups is 1. The molecule has 0 amide bonds. The molecule has 0 fully saturated rings. The molecule has 0 aliphatic carbocycles. The van der Waals surface area contributed by atoms with Crippen LogP contribution in [0.2, 0.25) is 0 Å². The van der Waals surface area contributed by atoms with E-state index < -0.39 is 4.92 Å². The van der Waals surface area contributed by atoms with Crippen LogP contribution < -0.4 is 9.47 Å². The van der Waals surface area contributed by atoms with Crippen molar-refractivity contribution in [1.82, 2.24) is 10.2 Å². The highest BCUT2D eigenvalue weighted by Gasteiger charge is 2.16. The van der Waals surface area contributed by atoms with Crippen molar-refractivity contribution in [3.05, 3.63) is 58.1 Å². The van der Waals surface area contributed by atoms with Gasteiger partial charge in [-0.05, 0) is 12.1 Å². The predicted molar refractivity (Wildman–Crippen MR) is 95.5 cm³/mol. The average molecular weight is 373 g/mol. The number of benzene rings is 2. The maximum Gasteiger partial charge on any atom is 0.277 e. The third-order valence-corrected chi connectivity index (χ3v) is 4.41. The molecule has 1 aromatic heterocycles. The summed E-state index contributed by atoms with van der Waals surface area (Å²) in [5.74, 6) is 1.87. The van der Waals surface area contributed by atoms with Crippen LogP contribution in [0.5, 0.6) is 11.5 Å². The van der Waals surface area contributed by atoms with Gasteiger partial charge in [-0.1, -0.05) is 30.0 Å². The summed E-state index contributed by atoms with van der Waals surface area (Å²) in [5, 5.41) is 19.4. The van der Waals surface area contributed by atoms with Gasteiger partial charge in [-0.25, -0.2) is 0 Å². The summed E-state index contributed by atoms with van der Waals surface area (Å²) in [6.07, 6.45) is 0. The van der Waals surface area contributed by atoms with Crippen molar-refractivity contribution in [2.24, 2.45) is 0 Å². The molecule has 26 heavy (non-hydrogen) atoms. The summed E-state index contributed by atoms with van der Waals surface area (Å²) >= 11 is 1.23. The van der Waals surface area contributed by atoms with Gasteiger partial charge in [0, 0.05) is 29.0 Å². The van der Waals surface area contributed by atoms with Gasteiger partial charge >= 0.3 is 0 Å². The molecule has 9 heteroatoms. The monoisotopic (exact) mass is 373 g/mol. The number of para-hydroxylation sites is 1. The summed E-state index contributed by atoms with van der Waals surface area (Å²) in [6.45, 7) is 0. The van der Waals surface area contributed by atoms with Gasteiger partial charge in [0.25, 0.3) is 10.9 Å². The molecule has 0 saturated heterocycles. The van der Waals surface area contributed by atoms with Gasteiger partial charge in [-0.2, -0.15) is 0 Å². The normalized spacial score (nSPS) is 10.5. The molecular weight excluding hydrogens is 358 g/mol. The first kappa shape index (κ1) is 17.7. The van der Waals surface area contributed by atoms with Gasteiger partial charge in [0.2, 0.25) is 5.89 Å². The fraction of sp³-hybridized carbons (Fsp3) is 0.176. The maximum atomic E-state index is 11.1. The molecule has 0 atom stereocenters. The first-order valence-corrected chi connectivity index (χ1v) is 8.51. The summed E-state index contributed by atoms with van der Waals surface area (Å²) < 4.78 is 16.1. The molecule has 0 unspecified atom stereocenters. The molecule has 2 aromatic carbocycles. The van der Waals surface area contributed by atoms with Crippen LogP contribution in [0, 0.1) is 10.1 Å². The number of methoxy groups -OCH3 is 2. The van der Waals surface area contributed by atoms with E-state index in [9.17, 15) is 10.1 Å². The molecule has 8 nitrogen and oxygen atoms in total. The minimum atomic E-state index is -0.405. The molecule has 0 N–H and O–H groups in total. The Hall–Kier alpha value is -3.07. The topological polar surface area (TPSA) is 101 Å². The van der Waals surface area contributed by atoms with Crippen LogP contribution in [0.4, 0.5) is 5.69 Å². The zero-order valence-corrected chi connectivity index (χ0v) is 14.9. The second kappa shape index (κ2) is 7.87. The zero-order valence-electron chi connectivity index (χ0n) is 14.0. The Balaban J connectivity index is 1.78. The number of hydrogen-bond donors (Lipinski definition) is 0. The Bertz CT molecular complexity index is 906. The number of nitrogens with zero attached hydrogens (tertiary/aromatic N) is 3. The van der Waals surface area contributed by atoms with E-state index in [1.807, 2.05) is 0 Å². The molecule has 0 aliphatic heterocycles. The molecule has 0 bridgehead atoms. The highest BCUT2D eigenvalue weighted by Crippen LogP contribution is 2.32. The number of aromatic nitrogens is 2. The Labute approximate surface area is 153 Å². The van der Waals surface area contributed by atoms with Crippen molar-refractivity contribution in [1.29, 1.82) is 0 Å². The smallest absolute Gasteiger partial charge is 0.277 e. The van der Waals surface area contributed by atoms with Crippen LogP contribution >= 0.6 is 11.8 Å². The first-order valence-electron chi connectivity index (χ1n) is 7.52. The van der Waals surface area contributed by atoms with Crippen molar-refractivity contribution in [2.45, 2.75) is 11.0 Å². The first-order chi connectivity index (χ1) is 12.6. The molecule has 3 aromatic rings. The lowest BCUT2D eigenvalue weighted by Crippen LogP contribution is -1.93. The van der Waals surface area contributed by atoms with Crippen LogP contribution in [0.3, 0.4) is 0 Å². The third-order valence-electron chi connectivity index (χ3n) is 3.54. The van der Waals surface area contributed by atoms with Crippen molar-refractivity contribution in [3.8, 4) is 23.0 Å². The lowest BCUT2D eigenvalue weighted by Gasteiger charge is -2.05. The lowest BCUT2D eigenvalue weighted by molar-refractivity contribution is -0.385. The average Bonchev–Trinajstić information content (AvgIpc) is 3.15. The van der Waals surface area contributed by atoms with Crippen molar-refractivity contribution < 1.29 is 18.8 Å². The maximum absolute atomic E-state index is 11.1. The molecule has 3 rings (SSSR count). The van der Waals surface area contributed by atoms with Gasteiger partial charge in [0.15, 0.2) is 0 Å². The number of hydrogen-bond acceptors (Lipinski definition) is 8. The van der Waals surface area contributed by atoms with E-state index in [4.69, 9.17) is 13.9 Å². The number of thioether (sulfide) groups is 1. The molecule has 0 spiro atoms. The minimum absolute atomic E-state index is 0.0669. The highest BCUT2D eigenvalue weighted by atomic mass is 32.2. The van der Waals surface area contributed by atoms with E-state index in [1.165, 1.54) is 17.8 Å². The predicted octanol–water partition coefficient (Wildman–Crippen LogP) is 3.95. The van der Waals surface area contributed by atoms with Gasteiger partial charge in [0.1, 0.15) is 11.5 Å². The summed E-state index contributed by atoms with van der Waals surface area (Å²) in [6, 6.07) is 11.8. The lowest BCUT2D eigenvalue weighted by atomic mass is 10.2. The van der Waals surface area contributed by atoms with E-state index >= 15 is 0 Å². The van der Waals surface area contributed by atoms with Gasteiger partial charge in [-0.3, -0.25) is 10.1 Å². The van der Waals surface area contributed by atoms with Crippen LogP contribution in [0.25, 0.3) is 11.5 Å². The Morgan fingerprint density at radius 1 is 1.12 bits per heavy atom. The second-order valence-electron chi connectivity index (χ2n) is 5.15. The molecular formula is C17H15N3O5S. The molecule has 134 valence electrons. The summed E-state index contributed by atoms with van der Waals surface area (Å²) in [7, 11) is 3.11. The van der Waals surface area contributed by atoms with Crippen LogP contribution in [0.15, 0.2) is 52.1 Å². The van der Waals surface area contributed by atoms with E-state index in [1.54, 1.807) is 50.6 Å². The quantitative estimate of drug-likeness (QED) is 0.348. The fourth-order valence-electron chi connectivity index (χ4n) is 2.27. The molecule has 0 saturated carbocycles. The Kier molecular flexibility index (Phi) is 5.37. The van der Waals surface area contributed by atoms with Crippen LogP contribution in [0.1, 0.15) is 5.56 Å². The number of rotatable bonds is 7. The molecule has 1 heterocycles. The Morgan fingerprint density at radius 3 is 2.46 bits per heavy atom. The number of ether oxygens (including phenoxy) is 2. The standard InChI is InChI=1S/C17H15N3O5S/c1-23-13-7-12(8-14(9-13)24-2)16-18-19-17(25-16)26-10-11-5-3-4-6-15(11)20(21)22/h3-9H,10H2,1-2H3. The van der Waals surface area contributed by atoms with Crippen molar-refractivity contribution in [2.75, 3.05) is 14.2 Å².